The maximum Gasteiger partial charge on any atom is 0.143 e. The van der Waals surface area contributed by atoms with Crippen LogP contribution in [0.2, 0.25) is 0 Å². The minimum absolute atomic E-state index is 0.293. The summed E-state index contributed by atoms with van der Waals surface area (Å²) in [6.07, 6.45) is 3.37. The Morgan fingerprint density at radius 3 is 2.67 bits per heavy atom. The molecule has 0 fully saturated rings. The van der Waals surface area contributed by atoms with Crippen molar-refractivity contribution in [3.8, 4) is 0 Å². The van der Waals surface area contributed by atoms with Crippen LogP contribution in [0.25, 0.3) is 0 Å². The monoisotopic (exact) mass is 354 g/mol. The summed E-state index contributed by atoms with van der Waals surface area (Å²) in [4.78, 5) is 0. The van der Waals surface area contributed by atoms with E-state index in [2.05, 4.69) is 34.9 Å². The fourth-order valence-corrected chi connectivity index (χ4v) is 2.82. The van der Waals surface area contributed by atoms with Crippen LogP contribution in [0.4, 0.5) is 4.39 Å². The lowest BCUT2D eigenvalue weighted by molar-refractivity contribution is 0.172. The number of hydrogen-bond acceptors (Lipinski definition) is 2. The molecule has 3 nitrogen and oxygen atoms in total. The third-order valence-electron chi connectivity index (χ3n) is 3.72. The molecule has 0 saturated carbocycles. The Kier molecular flexibility index (Phi) is 5.53. The molecule has 21 heavy (non-hydrogen) atoms. The maximum atomic E-state index is 14.0. The van der Waals surface area contributed by atoms with E-state index in [0.717, 1.165) is 18.5 Å². The van der Waals surface area contributed by atoms with Crippen molar-refractivity contribution in [1.82, 2.24) is 9.78 Å². The van der Waals surface area contributed by atoms with Crippen LogP contribution in [0.3, 0.4) is 0 Å². The van der Waals surface area contributed by atoms with Crippen LogP contribution in [0.5, 0.6) is 0 Å². The average molecular weight is 355 g/mol. The van der Waals surface area contributed by atoms with E-state index in [-0.39, 0.29) is 0 Å². The number of benzene rings is 1. The molecule has 0 saturated heterocycles. The van der Waals surface area contributed by atoms with Gasteiger partial charge in [0, 0.05) is 18.2 Å². The first-order valence-corrected chi connectivity index (χ1v) is 8.02. The van der Waals surface area contributed by atoms with Crippen LogP contribution < -0.4 is 0 Å². The number of halogens is 2. The quantitative estimate of drug-likeness (QED) is 0.833. The molecule has 0 aliphatic heterocycles. The largest absolute Gasteiger partial charge is 0.388 e. The van der Waals surface area contributed by atoms with Crippen LogP contribution in [-0.2, 0) is 6.42 Å². The zero-order valence-corrected chi connectivity index (χ0v) is 13.8. The van der Waals surface area contributed by atoms with Crippen LogP contribution in [-0.4, -0.2) is 14.9 Å². The highest BCUT2D eigenvalue weighted by Gasteiger charge is 2.17. The first kappa shape index (κ1) is 16.2. The fourth-order valence-electron chi connectivity index (χ4n) is 2.44. The van der Waals surface area contributed by atoms with E-state index in [1.807, 2.05) is 16.9 Å². The van der Waals surface area contributed by atoms with Crippen molar-refractivity contribution in [2.45, 2.75) is 45.3 Å². The van der Waals surface area contributed by atoms with Crippen molar-refractivity contribution in [1.29, 1.82) is 0 Å². The number of hydrogen-bond donors (Lipinski definition) is 1. The Labute approximate surface area is 132 Å². The lowest BCUT2D eigenvalue weighted by Crippen LogP contribution is -2.09. The van der Waals surface area contributed by atoms with Gasteiger partial charge in [-0.15, -0.1) is 0 Å². The van der Waals surface area contributed by atoms with E-state index >= 15 is 0 Å². The van der Waals surface area contributed by atoms with Gasteiger partial charge in [-0.05, 0) is 40.9 Å². The normalized spacial score (nSPS) is 12.9. The summed E-state index contributed by atoms with van der Waals surface area (Å²) in [6.45, 7) is 4.25. The van der Waals surface area contributed by atoms with E-state index in [4.69, 9.17) is 0 Å². The van der Waals surface area contributed by atoms with Gasteiger partial charge in [-0.25, -0.2) is 4.39 Å². The molecule has 2 rings (SSSR count). The summed E-state index contributed by atoms with van der Waals surface area (Å²) in [5.41, 5.74) is 1.07. The summed E-state index contributed by atoms with van der Waals surface area (Å²) in [5, 5.41) is 14.7. The van der Waals surface area contributed by atoms with Crippen molar-refractivity contribution in [3.63, 3.8) is 0 Å². The average Bonchev–Trinajstić information content (AvgIpc) is 2.91. The highest BCUT2D eigenvalue weighted by molar-refractivity contribution is 9.10. The Bertz CT molecular complexity index is 596. The second-order valence-electron chi connectivity index (χ2n) is 5.12. The second kappa shape index (κ2) is 7.18. The molecule has 0 radical (unpaired) electrons. The molecule has 1 aromatic carbocycles. The van der Waals surface area contributed by atoms with E-state index in [9.17, 15) is 9.50 Å². The molecule has 0 aliphatic rings. The van der Waals surface area contributed by atoms with Crippen LogP contribution in [0, 0.1) is 5.82 Å². The van der Waals surface area contributed by atoms with Crippen molar-refractivity contribution in [3.05, 3.63) is 52.0 Å². The molecule has 1 unspecified atom stereocenters. The van der Waals surface area contributed by atoms with E-state index in [1.54, 1.807) is 18.2 Å². The predicted octanol–water partition coefficient (Wildman–Crippen LogP) is 4.42. The maximum absolute atomic E-state index is 14.0. The number of rotatable bonds is 6. The summed E-state index contributed by atoms with van der Waals surface area (Å²) in [7, 11) is 0. The van der Waals surface area contributed by atoms with Crippen molar-refractivity contribution >= 4 is 15.9 Å². The van der Waals surface area contributed by atoms with Crippen molar-refractivity contribution in [2.75, 3.05) is 0 Å². The lowest BCUT2D eigenvalue weighted by atomic mass is 10.0. The van der Waals surface area contributed by atoms with E-state index in [1.165, 1.54) is 0 Å². The highest BCUT2D eigenvalue weighted by atomic mass is 79.9. The second-order valence-corrected chi connectivity index (χ2v) is 5.97. The lowest BCUT2D eigenvalue weighted by Gasteiger charge is -2.13. The van der Waals surface area contributed by atoms with Gasteiger partial charge in [-0.2, -0.15) is 5.10 Å². The molecule has 0 amide bonds. The van der Waals surface area contributed by atoms with Gasteiger partial charge in [0.1, 0.15) is 5.82 Å². The molecule has 1 aromatic heterocycles. The molecule has 2 aromatic rings. The zero-order valence-electron chi connectivity index (χ0n) is 12.3. The summed E-state index contributed by atoms with van der Waals surface area (Å²) in [6, 6.07) is 7.19. The molecule has 1 heterocycles. The number of aliphatic hydroxyl groups is 1. The first-order chi connectivity index (χ1) is 10.1. The fraction of sp³-hybridized carbons (Fsp3) is 0.438. The Balaban J connectivity index is 2.13. The number of nitrogens with zero attached hydrogens (tertiary/aromatic N) is 2. The van der Waals surface area contributed by atoms with Gasteiger partial charge in [-0.3, -0.25) is 4.68 Å². The Morgan fingerprint density at radius 2 is 2.00 bits per heavy atom. The Hall–Kier alpha value is -1.20. The standard InChI is InChI=1S/C16H20BrFN2O/c1-3-12(4-2)20-9-8-11(19-20)10-15(21)13-6-5-7-14(17)16(13)18/h5-9,12,15,21H,3-4,10H2,1-2H3. The van der Waals surface area contributed by atoms with Crippen molar-refractivity contribution in [2.24, 2.45) is 0 Å². The van der Waals surface area contributed by atoms with Gasteiger partial charge in [0.25, 0.3) is 0 Å². The molecule has 1 N–H and O–H groups in total. The number of aromatic nitrogens is 2. The van der Waals surface area contributed by atoms with Gasteiger partial charge >= 0.3 is 0 Å². The first-order valence-electron chi connectivity index (χ1n) is 7.22. The molecule has 0 bridgehead atoms. The van der Waals surface area contributed by atoms with Crippen molar-refractivity contribution < 1.29 is 9.50 Å². The summed E-state index contributed by atoms with van der Waals surface area (Å²) < 4.78 is 16.3. The van der Waals surface area contributed by atoms with Gasteiger partial charge in [0.05, 0.1) is 22.3 Å². The number of aliphatic hydroxyl groups excluding tert-OH is 1. The zero-order chi connectivity index (χ0) is 15.4. The van der Waals surface area contributed by atoms with Gasteiger partial charge in [0.2, 0.25) is 0 Å². The molecule has 1 atom stereocenters. The highest BCUT2D eigenvalue weighted by Crippen LogP contribution is 2.26. The molecule has 114 valence electrons. The molecule has 0 aliphatic carbocycles. The molecular formula is C16H20BrFN2O. The van der Waals surface area contributed by atoms with Gasteiger partial charge in [-0.1, -0.05) is 26.0 Å². The SMILES string of the molecule is CCC(CC)n1ccc(CC(O)c2cccc(Br)c2F)n1. The summed E-state index contributed by atoms with van der Waals surface area (Å²) in [5.74, 6) is -0.413. The van der Waals surface area contributed by atoms with Crippen LogP contribution >= 0.6 is 15.9 Å². The molecule has 5 heteroatoms. The van der Waals surface area contributed by atoms with Crippen LogP contribution in [0.1, 0.15) is 50.1 Å². The van der Waals surface area contributed by atoms with E-state index < -0.39 is 11.9 Å². The Morgan fingerprint density at radius 1 is 1.29 bits per heavy atom. The third kappa shape index (κ3) is 3.71. The van der Waals surface area contributed by atoms with E-state index in [0.29, 0.717) is 22.5 Å². The summed E-state index contributed by atoms with van der Waals surface area (Å²) >= 11 is 3.14. The van der Waals surface area contributed by atoms with Gasteiger partial charge in [0.15, 0.2) is 0 Å². The smallest absolute Gasteiger partial charge is 0.143 e. The van der Waals surface area contributed by atoms with Crippen LogP contribution in [0.15, 0.2) is 34.9 Å². The van der Waals surface area contributed by atoms with Gasteiger partial charge < -0.3 is 5.11 Å². The predicted molar refractivity (Wildman–Crippen MR) is 84.6 cm³/mol. The molecule has 0 spiro atoms. The molecular weight excluding hydrogens is 335 g/mol. The minimum Gasteiger partial charge on any atom is -0.388 e. The minimum atomic E-state index is -0.896. The third-order valence-corrected chi connectivity index (χ3v) is 4.34. The topological polar surface area (TPSA) is 38.0 Å².